The van der Waals surface area contributed by atoms with Crippen LogP contribution in [0.2, 0.25) is 5.02 Å². The Labute approximate surface area is 154 Å². The fourth-order valence-corrected chi connectivity index (χ4v) is 3.26. The molecule has 1 aliphatic rings. The number of amides is 1. The Balaban J connectivity index is 1.64. The number of carbonyl (C=O) groups excluding carboxylic acids is 1. The van der Waals surface area contributed by atoms with Crippen molar-refractivity contribution in [3.63, 3.8) is 0 Å². The van der Waals surface area contributed by atoms with Gasteiger partial charge in [0.25, 0.3) is 5.91 Å². The zero-order chi connectivity index (χ0) is 18.3. The van der Waals surface area contributed by atoms with Crippen LogP contribution in [0.25, 0.3) is 11.3 Å². The minimum Gasteiger partial charge on any atom is -0.488 e. The third-order valence-corrected chi connectivity index (χ3v) is 4.56. The molecule has 1 N–H and O–H groups in total. The third kappa shape index (κ3) is 2.82. The monoisotopic (exact) mass is 371 g/mol. The second-order valence-corrected chi connectivity index (χ2v) is 6.44. The molecule has 26 heavy (non-hydrogen) atoms. The van der Waals surface area contributed by atoms with Gasteiger partial charge in [-0.3, -0.25) is 9.48 Å². The van der Waals surface area contributed by atoms with E-state index in [1.165, 1.54) is 6.07 Å². The summed E-state index contributed by atoms with van der Waals surface area (Å²) in [5.41, 5.74) is 2.96. The first-order chi connectivity index (χ1) is 12.5. The summed E-state index contributed by atoms with van der Waals surface area (Å²) < 4.78 is 21.1. The van der Waals surface area contributed by atoms with Gasteiger partial charge in [0.2, 0.25) is 0 Å². The zero-order valence-corrected chi connectivity index (χ0v) is 14.7. The van der Waals surface area contributed by atoms with E-state index < -0.39 is 0 Å². The van der Waals surface area contributed by atoms with Gasteiger partial charge in [0.1, 0.15) is 18.2 Å². The number of ether oxygens (including phenoxy) is 1. The molecule has 2 aromatic carbocycles. The van der Waals surface area contributed by atoms with E-state index in [1.807, 2.05) is 0 Å². The predicted octanol–water partition coefficient (Wildman–Crippen LogP) is 3.70. The largest absolute Gasteiger partial charge is 0.488 e. The number of aryl methyl sites for hydroxylation is 1. The van der Waals surface area contributed by atoms with Gasteiger partial charge in [-0.25, -0.2) is 4.39 Å². The molecule has 2 heterocycles. The molecule has 1 amide bonds. The number of hydrogen-bond acceptors (Lipinski definition) is 3. The van der Waals surface area contributed by atoms with Gasteiger partial charge in [-0.1, -0.05) is 29.8 Å². The van der Waals surface area contributed by atoms with Crippen LogP contribution in [0.15, 0.2) is 42.5 Å². The molecule has 7 heteroatoms. The summed E-state index contributed by atoms with van der Waals surface area (Å²) in [6.07, 6.45) is 0. The normalized spacial score (nSPS) is 12.1. The van der Waals surface area contributed by atoms with E-state index in [0.29, 0.717) is 21.9 Å². The smallest absolute Gasteiger partial charge is 0.272 e. The van der Waals surface area contributed by atoms with Crippen molar-refractivity contribution >= 4 is 17.5 Å². The first kappa shape index (κ1) is 16.6. The number of carbonyl (C=O) groups is 1. The van der Waals surface area contributed by atoms with Gasteiger partial charge in [-0.05, 0) is 24.3 Å². The fourth-order valence-electron chi connectivity index (χ4n) is 3.09. The van der Waals surface area contributed by atoms with E-state index in [9.17, 15) is 9.18 Å². The number of rotatable bonds is 3. The zero-order valence-electron chi connectivity index (χ0n) is 13.9. The van der Waals surface area contributed by atoms with Gasteiger partial charge in [0.15, 0.2) is 5.69 Å². The van der Waals surface area contributed by atoms with E-state index in [0.717, 1.165) is 11.3 Å². The molecule has 132 valence electrons. The molecule has 5 nitrogen and oxygen atoms in total. The van der Waals surface area contributed by atoms with Crippen molar-refractivity contribution < 1.29 is 13.9 Å². The van der Waals surface area contributed by atoms with Gasteiger partial charge < -0.3 is 10.1 Å². The van der Waals surface area contributed by atoms with Crippen LogP contribution in [0.1, 0.15) is 21.6 Å². The molecule has 4 rings (SSSR count). The highest BCUT2D eigenvalue weighted by atomic mass is 35.5. The van der Waals surface area contributed by atoms with Crippen molar-refractivity contribution in [2.75, 3.05) is 0 Å². The van der Waals surface area contributed by atoms with E-state index in [-0.39, 0.29) is 30.6 Å². The van der Waals surface area contributed by atoms with E-state index in [1.54, 1.807) is 48.1 Å². The molecule has 1 aliphatic heterocycles. The Morgan fingerprint density at radius 2 is 2.15 bits per heavy atom. The molecule has 1 aromatic heterocycles. The number of aromatic nitrogens is 2. The number of fused-ring (bicyclic) bond motifs is 3. The van der Waals surface area contributed by atoms with Crippen LogP contribution in [-0.2, 0) is 20.2 Å². The summed E-state index contributed by atoms with van der Waals surface area (Å²) in [4.78, 5) is 12.6. The molecule has 0 saturated carbocycles. The van der Waals surface area contributed by atoms with Crippen LogP contribution >= 0.6 is 11.6 Å². The Kier molecular flexibility index (Phi) is 4.12. The van der Waals surface area contributed by atoms with Crippen molar-refractivity contribution in [3.05, 3.63) is 70.1 Å². The van der Waals surface area contributed by atoms with Gasteiger partial charge in [0, 0.05) is 35.3 Å². The average molecular weight is 372 g/mol. The summed E-state index contributed by atoms with van der Waals surface area (Å²) in [5, 5.41) is 7.64. The molecule has 0 unspecified atom stereocenters. The van der Waals surface area contributed by atoms with Gasteiger partial charge >= 0.3 is 0 Å². The highest BCUT2D eigenvalue weighted by molar-refractivity contribution is 6.31. The summed E-state index contributed by atoms with van der Waals surface area (Å²) in [6.45, 7) is 0.320. The molecule has 0 spiro atoms. The number of benzene rings is 2. The lowest BCUT2D eigenvalue weighted by molar-refractivity contribution is 0.0942. The standard InChI is InChI=1S/C19H15ClFN3O2/c1-24-18-13-8-12(20)6-7-16(13)26-10-14(18)17(23-24)19(25)22-9-11-4-2-3-5-15(11)21/h2-8H,9-10H2,1H3,(H,22,25). The molecule has 0 radical (unpaired) electrons. The third-order valence-electron chi connectivity index (χ3n) is 4.33. The number of halogens is 2. The Hall–Kier alpha value is -2.86. The molecular weight excluding hydrogens is 357 g/mol. The lowest BCUT2D eigenvalue weighted by Crippen LogP contribution is -2.25. The maximum Gasteiger partial charge on any atom is 0.272 e. The lowest BCUT2D eigenvalue weighted by atomic mass is 10.0. The van der Waals surface area contributed by atoms with Crippen molar-refractivity contribution in [3.8, 4) is 17.0 Å². The van der Waals surface area contributed by atoms with Crippen LogP contribution in [0.3, 0.4) is 0 Å². The highest BCUT2D eigenvalue weighted by Crippen LogP contribution is 2.39. The van der Waals surface area contributed by atoms with Crippen LogP contribution in [-0.4, -0.2) is 15.7 Å². The minimum atomic E-state index is -0.376. The Morgan fingerprint density at radius 1 is 1.35 bits per heavy atom. The second-order valence-electron chi connectivity index (χ2n) is 6.00. The van der Waals surface area contributed by atoms with Crippen molar-refractivity contribution in [2.45, 2.75) is 13.2 Å². The van der Waals surface area contributed by atoms with Gasteiger partial charge in [-0.2, -0.15) is 5.10 Å². The molecule has 0 fully saturated rings. The molecule has 0 bridgehead atoms. The Bertz CT molecular complexity index is 1020. The van der Waals surface area contributed by atoms with Crippen molar-refractivity contribution in [1.29, 1.82) is 0 Å². The number of hydrogen-bond donors (Lipinski definition) is 1. The molecule has 0 atom stereocenters. The summed E-state index contributed by atoms with van der Waals surface area (Å²) in [7, 11) is 1.77. The van der Waals surface area contributed by atoms with E-state index in [4.69, 9.17) is 16.3 Å². The van der Waals surface area contributed by atoms with Gasteiger partial charge in [0.05, 0.1) is 5.69 Å². The number of nitrogens with zero attached hydrogens (tertiary/aromatic N) is 2. The molecular formula is C19H15ClFN3O2. The van der Waals surface area contributed by atoms with E-state index >= 15 is 0 Å². The van der Waals surface area contributed by atoms with Crippen LogP contribution in [0.5, 0.6) is 5.75 Å². The van der Waals surface area contributed by atoms with Crippen LogP contribution in [0.4, 0.5) is 4.39 Å². The first-order valence-electron chi connectivity index (χ1n) is 8.05. The summed E-state index contributed by atoms with van der Waals surface area (Å²) in [5.74, 6) is -0.0369. The van der Waals surface area contributed by atoms with E-state index in [2.05, 4.69) is 10.4 Å². The number of nitrogens with one attached hydrogen (secondary N) is 1. The maximum absolute atomic E-state index is 13.7. The predicted molar refractivity (Wildman–Crippen MR) is 95.6 cm³/mol. The summed E-state index contributed by atoms with van der Waals surface area (Å²) in [6, 6.07) is 11.7. The molecule has 3 aromatic rings. The quantitative estimate of drug-likeness (QED) is 0.763. The van der Waals surface area contributed by atoms with Crippen molar-refractivity contribution in [2.24, 2.45) is 7.05 Å². The minimum absolute atomic E-state index is 0.0835. The molecule has 0 saturated heterocycles. The highest BCUT2D eigenvalue weighted by Gasteiger charge is 2.28. The van der Waals surface area contributed by atoms with Gasteiger partial charge in [-0.15, -0.1) is 0 Å². The fraction of sp³-hybridized carbons (Fsp3) is 0.158. The van der Waals surface area contributed by atoms with Crippen molar-refractivity contribution in [1.82, 2.24) is 15.1 Å². The average Bonchev–Trinajstić information content (AvgIpc) is 2.98. The first-order valence-corrected chi connectivity index (χ1v) is 8.42. The SMILES string of the molecule is Cn1nc(C(=O)NCc2ccccc2F)c2c1-c1cc(Cl)ccc1OC2. The lowest BCUT2D eigenvalue weighted by Gasteiger charge is -2.19. The second kappa shape index (κ2) is 6.46. The summed E-state index contributed by atoms with van der Waals surface area (Å²) >= 11 is 6.10. The van der Waals surface area contributed by atoms with Crippen LogP contribution < -0.4 is 10.1 Å². The van der Waals surface area contributed by atoms with Crippen LogP contribution in [0, 0.1) is 5.82 Å². The molecule has 0 aliphatic carbocycles. The maximum atomic E-state index is 13.7. The topological polar surface area (TPSA) is 56.2 Å². The Morgan fingerprint density at radius 3 is 2.96 bits per heavy atom.